The lowest BCUT2D eigenvalue weighted by Gasteiger charge is -2.26. The zero-order chi connectivity index (χ0) is 18.6. The molecule has 0 bridgehead atoms. The van der Waals surface area contributed by atoms with Crippen LogP contribution >= 0.6 is 12.4 Å². The number of aliphatic carboxylic acids is 1. The Hall–Kier alpha value is -1.99. The van der Waals surface area contributed by atoms with Gasteiger partial charge < -0.3 is 19.9 Å². The number of carboxylic acids is 1. The number of ether oxygens (including phenoxy) is 2. The molecule has 0 radical (unpaired) electrons. The van der Waals surface area contributed by atoms with Gasteiger partial charge in [0.15, 0.2) is 0 Å². The van der Waals surface area contributed by atoms with Crippen LogP contribution in [0.25, 0.3) is 0 Å². The number of amides is 1. The fourth-order valence-corrected chi connectivity index (χ4v) is 3.10. The first-order valence-electron chi connectivity index (χ1n) is 8.36. The van der Waals surface area contributed by atoms with Crippen molar-refractivity contribution in [2.45, 2.75) is 32.4 Å². The summed E-state index contributed by atoms with van der Waals surface area (Å²) in [5.41, 5.74) is 0.826. The number of likely N-dealkylation sites (tertiary alicyclic amines) is 1. The van der Waals surface area contributed by atoms with Gasteiger partial charge in [0.05, 0.1) is 32.2 Å². The summed E-state index contributed by atoms with van der Waals surface area (Å²) in [6, 6.07) is 4.79. The molecule has 1 aromatic carbocycles. The number of hydrogen-bond acceptors (Lipinski definition) is 5. The van der Waals surface area contributed by atoms with Gasteiger partial charge in [0.1, 0.15) is 11.5 Å². The lowest BCUT2D eigenvalue weighted by molar-refractivity contribution is -0.141. The topological polar surface area (TPSA) is 88.1 Å². The normalized spacial score (nSPS) is 19.2. The molecule has 0 aliphatic carbocycles. The van der Waals surface area contributed by atoms with Gasteiger partial charge in [0.25, 0.3) is 0 Å². The van der Waals surface area contributed by atoms with Crippen LogP contribution < -0.4 is 14.8 Å². The smallest absolute Gasteiger partial charge is 0.307 e. The minimum absolute atomic E-state index is 0. The first kappa shape index (κ1) is 22.1. The Kier molecular flexibility index (Phi) is 8.17. The average molecular weight is 387 g/mol. The van der Waals surface area contributed by atoms with E-state index in [0.29, 0.717) is 31.0 Å². The first-order chi connectivity index (χ1) is 11.9. The summed E-state index contributed by atoms with van der Waals surface area (Å²) >= 11 is 0. The van der Waals surface area contributed by atoms with Crippen molar-refractivity contribution in [3.8, 4) is 11.5 Å². The van der Waals surface area contributed by atoms with Gasteiger partial charge in [0, 0.05) is 12.1 Å². The van der Waals surface area contributed by atoms with Crippen molar-refractivity contribution in [3.63, 3.8) is 0 Å². The van der Waals surface area contributed by atoms with Crippen molar-refractivity contribution in [1.82, 2.24) is 10.2 Å². The molecule has 7 nitrogen and oxygen atoms in total. The fourth-order valence-electron chi connectivity index (χ4n) is 3.10. The third-order valence-electron chi connectivity index (χ3n) is 4.76. The van der Waals surface area contributed by atoms with Crippen molar-refractivity contribution in [2.24, 2.45) is 5.92 Å². The quantitative estimate of drug-likeness (QED) is 0.746. The van der Waals surface area contributed by atoms with Gasteiger partial charge in [-0.1, -0.05) is 0 Å². The fraction of sp³-hybridized carbons (Fsp3) is 0.556. The molecule has 8 heteroatoms. The second-order valence-corrected chi connectivity index (χ2v) is 6.33. The standard InChI is InChI=1S/C18H26N2O5.ClH/c1-11(15-9-14(24-3)5-6-16(15)25-4)19-17(21)12(2)20-8-7-13(10-20)18(22)23;/h5-6,9,11-13H,7-8,10H2,1-4H3,(H,19,21)(H,22,23);1H. The highest BCUT2D eigenvalue weighted by Gasteiger charge is 2.33. The van der Waals surface area contributed by atoms with Crippen LogP contribution in [-0.4, -0.2) is 55.2 Å². The summed E-state index contributed by atoms with van der Waals surface area (Å²) in [6.45, 7) is 4.70. The lowest BCUT2D eigenvalue weighted by Crippen LogP contribution is -2.45. The number of carbonyl (C=O) groups is 2. The van der Waals surface area contributed by atoms with E-state index >= 15 is 0 Å². The van der Waals surface area contributed by atoms with Crippen LogP contribution in [0.15, 0.2) is 18.2 Å². The van der Waals surface area contributed by atoms with Gasteiger partial charge >= 0.3 is 5.97 Å². The monoisotopic (exact) mass is 386 g/mol. The molecule has 3 atom stereocenters. The maximum Gasteiger partial charge on any atom is 0.307 e. The predicted molar refractivity (Wildman–Crippen MR) is 100 cm³/mol. The van der Waals surface area contributed by atoms with Gasteiger partial charge in [-0.3, -0.25) is 14.5 Å². The minimum Gasteiger partial charge on any atom is -0.497 e. The van der Waals surface area contributed by atoms with Crippen LogP contribution in [0.4, 0.5) is 0 Å². The van der Waals surface area contributed by atoms with Crippen molar-refractivity contribution >= 4 is 24.3 Å². The molecule has 2 rings (SSSR count). The molecule has 1 aliphatic rings. The summed E-state index contributed by atoms with van der Waals surface area (Å²) < 4.78 is 10.6. The number of hydrogen-bond donors (Lipinski definition) is 2. The van der Waals surface area contributed by atoms with Crippen LogP contribution in [0.2, 0.25) is 0 Å². The maximum absolute atomic E-state index is 12.6. The molecule has 0 saturated carbocycles. The Morgan fingerprint density at radius 1 is 1.27 bits per heavy atom. The molecule has 1 heterocycles. The van der Waals surface area contributed by atoms with E-state index in [9.17, 15) is 9.59 Å². The summed E-state index contributed by atoms with van der Waals surface area (Å²) in [7, 11) is 3.17. The number of methoxy groups -OCH3 is 2. The molecule has 146 valence electrons. The van der Waals surface area contributed by atoms with Gasteiger partial charge in [-0.25, -0.2) is 0 Å². The third kappa shape index (κ3) is 5.02. The molecule has 1 aliphatic heterocycles. The summed E-state index contributed by atoms with van der Waals surface area (Å²) in [5, 5.41) is 12.1. The van der Waals surface area contributed by atoms with Gasteiger partial charge in [-0.15, -0.1) is 12.4 Å². The van der Waals surface area contributed by atoms with E-state index in [1.807, 2.05) is 17.9 Å². The number of carboxylic acid groups (broad SMARTS) is 1. The SMILES string of the molecule is COc1ccc(OC)c(C(C)NC(=O)C(C)N2CCC(C(=O)O)C2)c1.Cl. The van der Waals surface area contributed by atoms with Crippen molar-refractivity contribution < 1.29 is 24.2 Å². The molecular formula is C18H27ClN2O5. The van der Waals surface area contributed by atoms with Gasteiger partial charge in [0.2, 0.25) is 5.91 Å². The molecule has 1 aromatic rings. The number of nitrogens with one attached hydrogen (secondary N) is 1. The second kappa shape index (κ2) is 9.64. The Bertz CT molecular complexity index is 640. The molecule has 1 fully saturated rings. The summed E-state index contributed by atoms with van der Waals surface area (Å²) in [6.07, 6.45) is 0.576. The second-order valence-electron chi connectivity index (χ2n) is 6.33. The molecule has 0 aromatic heterocycles. The molecule has 3 unspecified atom stereocenters. The zero-order valence-corrected chi connectivity index (χ0v) is 16.3. The summed E-state index contributed by atoms with van der Waals surface area (Å²) in [4.78, 5) is 25.6. The zero-order valence-electron chi connectivity index (χ0n) is 15.5. The Morgan fingerprint density at radius 2 is 1.96 bits per heavy atom. The number of nitrogens with zero attached hydrogens (tertiary/aromatic N) is 1. The molecular weight excluding hydrogens is 360 g/mol. The Balaban J connectivity index is 0.00000338. The number of benzene rings is 1. The molecule has 26 heavy (non-hydrogen) atoms. The maximum atomic E-state index is 12.6. The third-order valence-corrected chi connectivity index (χ3v) is 4.76. The van der Waals surface area contributed by atoms with E-state index in [-0.39, 0.29) is 30.4 Å². The highest BCUT2D eigenvalue weighted by atomic mass is 35.5. The van der Waals surface area contributed by atoms with Crippen molar-refractivity contribution in [3.05, 3.63) is 23.8 Å². The van der Waals surface area contributed by atoms with Gasteiger partial charge in [-0.05, 0) is 45.0 Å². The Labute approximate surface area is 160 Å². The highest BCUT2D eigenvalue weighted by molar-refractivity contribution is 5.85. The van der Waals surface area contributed by atoms with E-state index in [0.717, 1.165) is 5.56 Å². The highest BCUT2D eigenvalue weighted by Crippen LogP contribution is 2.29. The number of carbonyl (C=O) groups excluding carboxylic acids is 1. The first-order valence-corrected chi connectivity index (χ1v) is 8.36. The van der Waals surface area contributed by atoms with E-state index < -0.39 is 11.9 Å². The van der Waals surface area contributed by atoms with E-state index in [1.165, 1.54) is 0 Å². The predicted octanol–water partition coefficient (Wildman–Crippen LogP) is 2.10. The van der Waals surface area contributed by atoms with Crippen LogP contribution in [0, 0.1) is 5.92 Å². The minimum atomic E-state index is -0.801. The summed E-state index contributed by atoms with van der Waals surface area (Å²) in [5.74, 6) is 0.0290. The molecule has 2 N–H and O–H groups in total. The van der Waals surface area contributed by atoms with Gasteiger partial charge in [-0.2, -0.15) is 0 Å². The lowest BCUT2D eigenvalue weighted by atomic mass is 10.1. The van der Waals surface area contributed by atoms with Crippen LogP contribution in [0.1, 0.15) is 31.9 Å². The van der Waals surface area contributed by atoms with E-state index in [2.05, 4.69) is 5.32 Å². The van der Waals surface area contributed by atoms with Crippen molar-refractivity contribution in [2.75, 3.05) is 27.3 Å². The Morgan fingerprint density at radius 3 is 2.50 bits per heavy atom. The van der Waals surface area contributed by atoms with Crippen LogP contribution in [-0.2, 0) is 9.59 Å². The van der Waals surface area contributed by atoms with Crippen molar-refractivity contribution in [1.29, 1.82) is 0 Å². The largest absolute Gasteiger partial charge is 0.497 e. The molecule has 0 spiro atoms. The number of halogens is 1. The molecule has 1 saturated heterocycles. The molecule has 1 amide bonds. The van der Waals surface area contributed by atoms with E-state index in [4.69, 9.17) is 14.6 Å². The van der Waals surface area contributed by atoms with Crippen LogP contribution in [0.5, 0.6) is 11.5 Å². The van der Waals surface area contributed by atoms with Crippen LogP contribution in [0.3, 0.4) is 0 Å². The van der Waals surface area contributed by atoms with E-state index in [1.54, 1.807) is 33.3 Å². The average Bonchev–Trinajstić information content (AvgIpc) is 3.10. The number of rotatable bonds is 7.